The number of nitrogens with zero attached hydrogens (tertiary/aromatic N) is 1. The van der Waals surface area contributed by atoms with Gasteiger partial charge < -0.3 is 15.1 Å². The number of amides is 3. The summed E-state index contributed by atoms with van der Waals surface area (Å²) in [6.07, 6.45) is 6.25. The molecule has 1 aliphatic carbocycles. The van der Waals surface area contributed by atoms with Crippen molar-refractivity contribution in [2.24, 2.45) is 0 Å². The summed E-state index contributed by atoms with van der Waals surface area (Å²) in [5.74, 6) is -1.98. The van der Waals surface area contributed by atoms with Crippen LogP contribution in [0.2, 0.25) is 0 Å². The Morgan fingerprint density at radius 1 is 1.06 bits per heavy atom. The third-order valence-corrected chi connectivity index (χ3v) is 6.67. The molecule has 2 aromatic heterocycles. The molecule has 1 atom stereocenters. The summed E-state index contributed by atoms with van der Waals surface area (Å²) in [5, 5.41) is 7.34. The van der Waals surface area contributed by atoms with E-state index in [9.17, 15) is 18.8 Å². The number of anilines is 1. The number of halogens is 1. The molecule has 2 N–H and O–H groups in total. The molecule has 9 heteroatoms. The van der Waals surface area contributed by atoms with Crippen LogP contribution in [0.25, 0.3) is 0 Å². The number of para-hydroxylation sites is 1. The maximum atomic E-state index is 14.9. The second kappa shape index (κ2) is 11.1. The van der Waals surface area contributed by atoms with Gasteiger partial charge in [-0.05, 0) is 48.6 Å². The van der Waals surface area contributed by atoms with E-state index in [1.54, 1.807) is 35.7 Å². The number of hydrogen-bond acceptors (Lipinski definition) is 5. The number of hydrogen-bond donors (Lipinski definition) is 2. The van der Waals surface area contributed by atoms with Crippen LogP contribution in [0, 0.1) is 5.82 Å². The maximum absolute atomic E-state index is 14.9. The molecule has 7 nitrogen and oxygen atoms in total. The molecule has 1 aromatic carbocycles. The second-order valence-electron chi connectivity index (χ2n) is 8.14. The first-order valence-electron chi connectivity index (χ1n) is 11.3. The van der Waals surface area contributed by atoms with Crippen molar-refractivity contribution in [3.63, 3.8) is 0 Å². The Hall–Kier alpha value is -3.46. The quantitative estimate of drug-likeness (QED) is 0.496. The van der Waals surface area contributed by atoms with Gasteiger partial charge in [0.15, 0.2) is 6.04 Å². The van der Waals surface area contributed by atoms with Gasteiger partial charge >= 0.3 is 0 Å². The van der Waals surface area contributed by atoms with Crippen molar-refractivity contribution in [3.8, 4) is 0 Å². The highest BCUT2D eigenvalue weighted by Gasteiger charge is 2.37. The SMILES string of the molecule is O=C(NCC(=O)N(c1ccccc1F)C(C(=O)NC1CCCCC1)c1ccco1)c1cccs1. The molecular weight excluding hydrogens is 457 g/mol. The van der Waals surface area contributed by atoms with Gasteiger partial charge in [-0.3, -0.25) is 19.3 Å². The van der Waals surface area contributed by atoms with E-state index in [0.717, 1.165) is 37.0 Å². The number of rotatable bonds is 8. The van der Waals surface area contributed by atoms with Gasteiger partial charge in [0, 0.05) is 6.04 Å². The zero-order chi connectivity index (χ0) is 23.9. The molecule has 0 radical (unpaired) electrons. The fourth-order valence-electron chi connectivity index (χ4n) is 4.15. The van der Waals surface area contributed by atoms with Crippen molar-refractivity contribution in [1.82, 2.24) is 10.6 Å². The minimum atomic E-state index is -1.24. The van der Waals surface area contributed by atoms with Crippen LogP contribution in [0.4, 0.5) is 10.1 Å². The molecule has 0 bridgehead atoms. The predicted molar refractivity (Wildman–Crippen MR) is 127 cm³/mol. The van der Waals surface area contributed by atoms with Crippen LogP contribution in [0.5, 0.6) is 0 Å². The van der Waals surface area contributed by atoms with E-state index in [2.05, 4.69) is 10.6 Å². The molecule has 1 unspecified atom stereocenters. The highest BCUT2D eigenvalue weighted by atomic mass is 32.1. The van der Waals surface area contributed by atoms with Gasteiger partial charge in [-0.15, -0.1) is 11.3 Å². The van der Waals surface area contributed by atoms with Gasteiger partial charge in [-0.1, -0.05) is 37.5 Å². The van der Waals surface area contributed by atoms with Crippen LogP contribution in [0.3, 0.4) is 0 Å². The van der Waals surface area contributed by atoms with E-state index in [-0.39, 0.29) is 17.5 Å². The number of carbonyl (C=O) groups is 3. The highest BCUT2D eigenvalue weighted by molar-refractivity contribution is 7.12. The average Bonchev–Trinajstić information content (AvgIpc) is 3.57. The fourth-order valence-corrected chi connectivity index (χ4v) is 4.79. The first-order chi connectivity index (χ1) is 16.5. The van der Waals surface area contributed by atoms with Crippen LogP contribution in [0.1, 0.15) is 53.6 Å². The van der Waals surface area contributed by atoms with Gasteiger partial charge in [0.1, 0.15) is 11.6 Å². The van der Waals surface area contributed by atoms with Crippen LogP contribution in [-0.4, -0.2) is 30.3 Å². The van der Waals surface area contributed by atoms with Crippen molar-refractivity contribution >= 4 is 34.7 Å². The van der Waals surface area contributed by atoms with Crippen LogP contribution in [0.15, 0.2) is 64.6 Å². The Labute approximate surface area is 200 Å². The number of benzene rings is 1. The van der Waals surface area contributed by atoms with Gasteiger partial charge in [-0.2, -0.15) is 0 Å². The molecule has 178 valence electrons. The number of furan rings is 1. The molecule has 0 saturated heterocycles. The van der Waals surface area contributed by atoms with E-state index >= 15 is 0 Å². The largest absolute Gasteiger partial charge is 0.467 e. The van der Waals surface area contributed by atoms with Crippen LogP contribution in [-0.2, 0) is 9.59 Å². The van der Waals surface area contributed by atoms with Gasteiger partial charge in [0.25, 0.3) is 11.8 Å². The Morgan fingerprint density at radius 3 is 2.53 bits per heavy atom. The van der Waals surface area contributed by atoms with Crippen molar-refractivity contribution in [2.75, 3.05) is 11.4 Å². The third-order valence-electron chi connectivity index (χ3n) is 5.80. The minimum Gasteiger partial charge on any atom is -0.467 e. The summed E-state index contributed by atoms with van der Waals surface area (Å²) in [6, 6.07) is 11.0. The summed E-state index contributed by atoms with van der Waals surface area (Å²) in [6.45, 7) is -0.418. The standard InChI is InChI=1S/C25H26FN3O4S/c26-18-10-4-5-11-19(18)29(22(30)16-27-24(31)21-13-7-15-34-21)23(20-12-6-14-33-20)25(32)28-17-8-2-1-3-9-17/h4-7,10-15,17,23H,1-3,8-9,16H2,(H,27,31)(H,28,32). The summed E-state index contributed by atoms with van der Waals surface area (Å²) < 4.78 is 20.4. The maximum Gasteiger partial charge on any atom is 0.261 e. The molecule has 1 fully saturated rings. The van der Waals surface area contributed by atoms with Gasteiger partial charge in [-0.25, -0.2) is 4.39 Å². The van der Waals surface area contributed by atoms with Crippen molar-refractivity contribution in [2.45, 2.75) is 44.2 Å². The highest BCUT2D eigenvalue weighted by Crippen LogP contribution is 2.31. The van der Waals surface area contributed by atoms with Crippen molar-refractivity contribution in [3.05, 3.63) is 76.6 Å². The molecule has 3 amide bonds. The molecule has 34 heavy (non-hydrogen) atoms. The number of nitrogens with one attached hydrogen (secondary N) is 2. The topological polar surface area (TPSA) is 91.7 Å². The smallest absolute Gasteiger partial charge is 0.261 e. The molecule has 1 aliphatic rings. The van der Waals surface area contributed by atoms with E-state index in [4.69, 9.17) is 4.42 Å². The lowest BCUT2D eigenvalue weighted by Gasteiger charge is -2.32. The molecular formula is C25H26FN3O4S. The molecule has 0 spiro atoms. The van der Waals surface area contributed by atoms with Crippen molar-refractivity contribution < 1.29 is 23.2 Å². The Balaban J connectivity index is 1.64. The Bertz CT molecular complexity index is 1110. The van der Waals surface area contributed by atoms with E-state index in [0.29, 0.717) is 4.88 Å². The third kappa shape index (κ3) is 5.53. The monoisotopic (exact) mass is 483 g/mol. The van der Waals surface area contributed by atoms with Crippen LogP contribution >= 0.6 is 11.3 Å². The fraction of sp³-hybridized carbons (Fsp3) is 0.320. The Kier molecular flexibility index (Phi) is 7.74. The van der Waals surface area contributed by atoms with E-state index in [1.165, 1.54) is 35.8 Å². The van der Waals surface area contributed by atoms with Crippen LogP contribution < -0.4 is 15.5 Å². The molecule has 2 heterocycles. The lowest BCUT2D eigenvalue weighted by molar-refractivity contribution is -0.127. The molecule has 4 rings (SSSR count). The summed E-state index contributed by atoms with van der Waals surface area (Å²) >= 11 is 1.24. The van der Waals surface area contributed by atoms with E-state index < -0.39 is 36.1 Å². The predicted octanol–water partition coefficient (Wildman–Crippen LogP) is 4.43. The Morgan fingerprint density at radius 2 is 1.85 bits per heavy atom. The number of carbonyl (C=O) groups excluding carboxylic acids is 3. The van der Waals surface area contributed by atoms with Gasteiger partial charge in [0.05, 0.1) is 23.4 Å². The lowest BCUT2D eigenvalue weighted by atomic mass is 9.95. The summed E-state index contributed by atoms with van der Waals surface area (Å²) in [4.78, 5) is 40.8. The second-order valence-corrected chi connectivity index (χ2v) is 9.08. The van der Waals surface area contributed by atoms with E-state index in [1.807, 2.05) is 0 Å². The number of thiophene rings is 1. The molecule has 1 saturated carbocycles. The zero-order valence-corrected chi connectivity index (χ0v) is 19.4. The first kappa shape index (κ1) is 23.7. The summed E-state index contributed by atoms with van der Waals surface area (Å²) in [5.41, 5.74) is -0.0712. The molecule has 0 aliphatic heterocycles. The first-order valence-corrected chi connectivity index (χ1v) is 12.1. The van der Waals surface area contributed by atoms with Crippen molar-refractivity contribution in [1.29, 1.82) is 0 Å². The lowest BCUT2D eigenvalue weighted by Crippen LogP contribution is -2.49. The molecule has 3 aromatic rings. The van der Waals surface area contributed by atoms with Gasteiger partial charge in [0.2, 0.25) is 5.91 Å². The average molecular weight is 484 g/mol. The minimum absolute atomic E-state index is 0.0187. The normalized spacial score (nSPS) is 14.9. The summed E-state index contributed by atoms with van der Waals surface area (Å²) in [7, 11) is 0. The zero-order valence-electron chi connectivity index (χ0n) is 18.5.